The van der Waals surface area contributed by atoms with E-state index in [0.29, 0.717) is 12.5 Å². The number of benzene rings is 2. The van der Waals surface area contributed by atoms with E-state index in [1.807, 2.05) is 18.2 Å². The molecule has 17 heavy (non-hydrogen) atoms. The van der Waals surface area contributed by atoms with Crippen molar-refractivity contribution >= 4 is 0 Å². The van der Waals surface area contributed by atoms with Crippen LogP contribution in [0.15, 0.2) is 72.8 Å². The van der Waals surface area contributed by atoms with Crippen LogP contribution >= 0.6 is 0 Å². The minimum Gasteiger partial charge on any atom is -0.327 e. The summed E-state index contributed by atoms with van der Waals surface area (Å²) in [6, 6.07) is 21.0. The first-order valence-electron chi connectivity index (χ1n) is 5.88. The van der Waals surface area contributed by atoms with Crippen molar-refractivity contribution in [1.29, 1.82) is 0 Å². The Balaban J connectivity index is 2.36. The molecule has 2 rings (SSSR count). The van der Waals surface area contributed by atoms with Crippen molar-refractivity contribution < 1.29 is 0 Å². The number of allylic oxidation sites excluding steroid dienone is 1. The van der Waals surface area contributed by atoms with Crippen LogP contribution in [0.5, 0.6) is 0 Å². The molecule has 0 fully saturated rings. The summed E-state index contributed by atoms with van der Waals surface area (Å²) in [5.41, 5.74) is 8.14. The topological polar surface area (TPSA) is 26.0 Å². The van der Waals surface area contributed by atoms with Crippen molar-refractivity contribution in [2.24, 2.45) is 5.73 Å². The minimum absolute atomic E-state index is 0.293. The summed E-state index contributed by atoms with van der Waals surface area (Å²) in [6.45, 7) is 0.580. The average molecular weight is 223 g/mol. The molecule has 0 saturated carbocycles. The van der Waals surface area contributed by atoms with Gasteiger partial charge in [-0.1, -0.05) is 72.8 Å². The van der Waals surface area contributed by atoms with Crippen LogP contribution in [0.3, 0.4) is 0 Å². The van der Waals surface area contributed by atoms with Gasteiger partial charge < -0.3 is 5.73 Å². The van der Waals surface area contributed by atoms with Crippen molar-refractivity contribution in [3.05, 3.63) is 83.9 Å². The SMILES string of the molecule is NC/C=C/C(c1ccccc1)c1ccccc1. The third-order valence-corrected chi connectivity index (χ3v) is 2.78. The van der Waals surface area contributed by atoms with E-state index in [4.69, 9.17) is 5.73 Å². The average Bonchev–Trinajstić information content (AvgIpc) is 2.42. The monoisotopic (exact) mass is 223 g/mol. The molecule has 86 valence electrons. The quantitative estimate of drug-likeness (QED) is 0.790. The van der Waals surface area contributed by atoms with E-state index in [-0.39, 0.29) is 0 Å². The van der Waals surface area contributed by atoms with Gasteiger partial charge in [0, 0.05) is 12.5 Å². The first kappa shape index (κ1) is 11.6. The van der Waals surface area contributed by atoms with Crippen molar-refractivity contribution in [3.63, 3.8) is 0 Å². The second kappa shape index (κ2) is 6.02. The van der Waals surface area contributed by atoms with Gasteiger partial charge in [-0.25, -0.2) is 0 Å². The van der Waals surface area contributed by atoms with Gasteiger partial charge in [-0.2, -0.15) is 0 Å². The number of rotatable bonds is 4. The van der Waals surface area contributed by atoms with Crippen molar-refractivity contribution in [3.8, 4) is 0 Å². The summed E-state index contributed by atoms with van der Waals surface area (Å²) in [7, 11) is 0. The second-order valence-corrected chi connectivity index (χ2v) is 3.96. The van der Waals surface area contributed by atoms with Gasteiger partial charge >= 0.3 is 0 Å². The Bertz CT molecular complexity index is 420. The molecular formula is C16H17N. The van der Waals surface area contributed by atoms with Crippen LogP contribution in [0.4, 0.5) is 0 Å². The van der Waals surface area contributed by atoms with E-state index in [0.717, 1.165) is 0 Å². The lowest BCUT2D eigenvalue weighted by Gasteiger charge is -2.13. The van der Waals surface area contributed by atoms with Crippen LogP contribution in [0, 0.1) is 0 Å². The van der Waals surface area contributed by atoms with Gasteiger partial charge in [-0.15, -0.1) is 0 Å². The lowest BCUT2D eigenvalue weighted by Crippen LogP contribution is -1.99. The fraction of sp³-hybridized carbons (Fsp3) is 0.125. The van der Waals surface area contributed by atoms with E-state index >= 15 is 0 Å². The lowest BCUT2D eigenvalue weighted by atomic mass is 9.91. The van der Waals surface area contributed by atoms with Gasteiger partial charge in [0.15, 0.2) is 0 Å². The Hall–Kier alpha value is -1.86. The van der Waals surface area contributed by atoms with Gasteiger partial charge in [-0.05, 0) is 11.1 Å². The molecule has 0 unspecified atom stereocenters. The molecule has 1 nitrogen and oxygen atoms in total. The van der Waals surface area contributed by atoms with Crippen LogP contribution in [0.1, 0.15) is 17.0 Å². The molecule has 0 aliphatic heterocycles. The molecule has 0 radical (unpaired) electrons. The van der Waals surface area contributed by atoms with E-state index < -0.39 is 0 Å². The van der Waals surface area contributed by atoms with Crippen LogP contribution in [-0.4, -0.2) is 6.54 Å². The highest BCUT2D eigenvalue weighted by Gasteiger charge is 2.09. The molecule has 0 heterocycles. The molecule has 2 aromatic rings. The Morgan fingerprint density at radius 1 is 0.824 bits per heavy atom. The Labute approximate surface area is 103 Å². The van der Waals surface area contributed by atoms with Gasteiger partial charge in [0.2, 0.25) is 0 Å². The first-order chi connectivity index (χ1) is 8.42. The Morgan fingerprint density at radius 3 is 1.71 bits per heavy atom. The van der Waals surface area contributed by atoms with Crippen molar-refractivity contribution in [2.45, 2.75) is 5.92 Å². The van der Waals surface area contributed by atoms with Gasteiger partial charge in [0.05, 0.1) is 0 Å². The van der Waals surface area contributed by atoms with Gasteiger partial charge in [-0.3, -0.25) is 0 Å². The number of hydrogen-bond donors (Lipinski definition) is 1. The molecular weight excluding hydrogens is 206 g/mol. The summed E-state index contributed by atoms with van der Waals surface area (Å²) in [4.78, 5) is 0. The van der Waals surface area contributed by atoms with E-state index in [2.05, 4.69) is 54.6 Å². The van der Waals surface area contributed by atoms with Crippen molar-refractivity contribution in [2.75, 3.05) is 6.54 Å². The highest BCUT2D eigenvalue weighted by molar-refractivity contribution is 5.36. The minimum atomic E-state index is 0.293. The molecule has 1 heteroatoms. The maximum Gasteiger partial charge on any atom is 0.0270 e. The molecule has 0 aliphatic carbocycles. The standard InChI is InChI=1S/C16H17N/c17-13-7-12-16(14-8-3-1-4-9-14)15-10-5-2-6-11-15/h1-12,16H,13,17H2/b12-7+. The van der Waals surface area contributed by atoms with Crippen LogP contribution in [-0.2, 0) is 0 Å². The highest BCUT2D eigenvalue weighted by atomic mass is 14.5. The smallest absolute Gasteiger partial charge is 0.0270 e. The van der Waals surface area contributed by atoms with E-state index in [1.165, 1.54) is 11.1 Å². The summed E-state index contributed by atoms with van der Waals surface area (Å²) >= 11 is 0. The summed E-state index contributed by atoms with van der Waals surface area (Å²) in [5, 5.41) is 0. The molecule has 0 atom stereocenters. The van der Waals surface area contributed by atoms with E-state index in [1.54, 1.807) is 0 Å². The number of nitrogens with two attached hydrogens (primary N) is 1. The van der Waals surface area contributed by atoms with Crippen LogP contribution in [0.25, 0.3) is 0 Å². The fourth-order valence-corrected chi connectivity index (χ4v) is 1.95. The zero-order chi connectivity index (χ0) is 11.9. The molecule has 0 spiro atoms. The van der Waals surface area contributed by atoms with E-state index in [9.17, 15) is 0 Å². The third kappa shape index (κ3) is 3.05. The molecule has 0 bridgehead atoms. The third-order valence-electron chi connectivity index (χ3n) is 2.78. The number of hydrogen-bond acceptors (Lipinski definition) is 1. The lowest BCUT2D eigenvalue weighted by molar-refractivity contribution is 1.02. The molecule has 2 N–H and O–H groups in total. The second-order valence-electron chi connectivity index (χ2n) is 3.96. The maximum absolute atomic E-state index is 5.55. The summed E-state index contributed by atoms with van der Waals surface area (Å²) in [5.74, 6) is 0.293. The summed E-state index contributed by atoms with van der Waals surface area (Å²) < 4.78 is 0. The van der Waals surface area contributed by atoms with Gasteiger partial charge in [0.1, 0.15) is 0 Å². The molecule has 0 amide bonds. The molecule has 0 aliphatic rings. The molecule has 2 aromatic carbocycles. The Kier molecular flexibility index (Phi) is 4.11. The predicted octanol–water partition coefficient (Wildman–Crippen LogP) is 3.33. The summed E-state index contributed by atoms with van der Waals surface area (Å²) in [6.07, 6.45) is 4.19. The first-order valence-corrected chi connectivity index (χ1v) is 5.88. The van der Waals surface area contributed by atoms with Crippen LogP contribution in [0.2, 0.25) is 0 Å². The normalized spacial score (nSPS) is 11.2. The maximum atomic E-state index is 5.55. The Morgan fingerprint density at radius 2 is 1.29 bits per heavy atom. The molecule has 0 saturated heterocycles. The van der Waals surface area contributed by atoms with Crippen molar-refractivity contribution in [1.82, 2.24) is 0 Å². The van der Waals surface area contributed by atoms with Crippen LogP contribution < -0.4 is 5.73 Å². The fourth-order valence-electron chi connectivity index (χ4n) is 1.95. The molecule has 0 aromatic heterocycles. The largest absolute Gasteiger partial charge is 0.327 e. The predicted molar refractivity (Wildman–Crippen MR) is 72.9 cm³/mol. The zero-order valence-corrected chi connectivity index (χ0v) is 9.79. The zero-order valence-electron chi connectivity index (χ0n) is 9.79. The van der Waals surface area contributed by atoms with Gasteiger partial charge in [0.25, 0.3) is 0 Å². The highest BCUT2D eigenvalue weighted by Crippen LogP contribution is 2.25.